The molecule has 0 aliphatic rings. The number of hydrogen-bond donors (Lipinski definition) is 1. The summed E-state index contributed by atoms with van der Waals surface area (Å²) in [4.78, 5) is 12.0. The predicted molar refractivity (Wildman–Crippen MR) is 94.4 cm³/mol. The number of nitrogens with one attached hydrogen (secondary N) is 1. The maximum Gasteiger partial charge on any atom is 0.224 e. The van der Waals surface area contributed by atoms with E-state index < -0.39 is 0 Å². The predicted octanol–water partition coefficient (Wildman–Crippen LogP) is 4.97. The summed E-state index contributed by atoms with van der Waals surface area (Å²) in [7, 11) is 0. The summed E-state index contributed by atoms with van der Waals surface area (Å²) in [6.07, 6.45) is 1.15. The molecule has 1 aromatic heterocycles. The van der Waals surface area contributed by atoms with Crippen molar-refractivity contribution in [1.82, 2.24) is 10.2 Å². The molecule has 0 aliphatic heterocycles. The molecule has 8 heteroatoms. The van der Waals surface area contributed by atoms with Crippen LogP contribution in [0.1, 0.15) is 23.4 Å². The highest BCUT2D eigenvalue weighted by molar-refractivity contribution is 8.01. The van der Waals surface area contributed by atoms with E-state index >= 15 is 0 Å². The maximum atomic E-state index is 12.0. The van der Waals surface area contributed by atoms with Gasteiger partial charge in [0.15, 0.2) is 4.34 Å². The van der Waals surface area contributed by atoms with Crippen molar-refractivity contribution in [3.05, 3.63) is 32.7 Å². The number of carbonyl (C=O) groups excluding carboxylic acids is 1. The van der Waals surface area contributed by atoms with Crippen LogP contribution in [0, 0.1) is 13.8 Å². The van der Waals surface area contributed by atoms with E-state index in [9.17, 15) is 4.79 Å². The van der Waals surface area contributed by atoms with Gasteiger partial charge in [0.05, 0.1) is 15.7 Å². The average molecular weight is 376 g/mol. The minimum atomic E-state index is -0.0940. The molecule has 118 valence electrons. The van der Waals surface area contributed by atoms with Gasteiger partial charge in [-0.2, -0.15) is 0 Å². The lowest BCUT2D eigenvalue weighted by Gasteiger charge is -2.10. The fourth-order valence-corrected chi connectivity index (χ4v) is 3.99. The molecular formula is C14H15Cl2N3OS2. The lowest BCUT2D eigenvalue weighted by Crippen LogP contribution is -2.12. The number of thioether (sulfide) groups is 1. The van der Waals surface area contributed by atoms with E-state index in [0.717, 1.165) is 27.1 Å². The quantitative estimate of drug-likeness (QED) is 0.571. The molecule has 1 N–H and O–H groups in total. The van der Waals surface area contributed by atoms with Gasteiger partial charge in [0.2, 0.25) is 5.91 Å². The third-order valence-electron chi connectivity index (χ3n) is 2.83. The Morgan fingerprint density at radius 2 is 2.09 bits per heavy atom. The molecule has 2 rings (SSSR count). The minimum absolute atomic E-state index is 0.0940. The van der Waals surface area contributed by atoms with Crippen LogP contribution >= 0.6 is 46.3 Å². The standard InChI is InChI=1S/C14H15Cl2N3OS2/c1-8-5-6-10(15)13(12(8)16)17-11(20)4-3-7-21-14-19-18-9(2)22-14/h5-6H,3-4,7H2,1-2H3,(H,17,20). The van der Waals surface area contributed by atoms with Crippen molar-refractivity contribution in [2.75, 3.05) is 11.1 Å². The zero-order valence-corrected chi connectivity index (χ0v) is 15.3. The third kappa shape index (κ3) is 4.84. The van der Waals surface area contributed by atoms with E-state index in [1.54, 1.807) is 29.2 Å². The zero-order chi connectivity index (χ0) is 16.1. The monoisotopic (exact) mass is 375 g/mol. The Balaban J connectivity index is 1.80. The fraction of sp³-hybridized carbons (Fsp3) is 0.357. The van der Waals surface area contributed by atoms with Crippen molar-refractivity contribution in [2.45, 2.75) is 31.0 Å². The molecule has 0 atom stereocenters. The molecule has 1 amide bonds. The van der Waals surface area contributed by atoms with Gasteiger partial charge in [0.1, 0.15) is 5.01 Å². The van der Waals surface area contributed by atoms with E-state index in [-0.39, 0.29) is 5.91 Å². The SMILES string of the molecule is Cc1nnc(SCCCC(=O)Nc2c(Cl)ccc(C)c2Cl)s1. The Labute approximate surface area is 147 Å². The number of hydrogen-bond acceptors (Lipinski definition) is 5. The van der Waals surface area contributed by atoms with Crippen molar-refractivity contribution in [2.24, 2.45) is 0 Å². The van der Waals surface area contributed by atoms with Crippen LogP contribution in [0.25, 0.3) is 0 Å². The van der Waals surface area contributed by atoms with Gasteiger partial charge >= 0.3 is 0 Å². The van der Waals surface area contributed by atoms with Gasteiger partial charge in [0, 0.05) is 12.2 Å². The van der Waals surface area contributed by atoms with Crippen molar-refractivity contribution in [3.8, 4) is 0 Å². The van der Waals surface area contributed by atoms with Crippen LogP contribution in [0.4, 0.5) is 5.69 Å². The van der Waals surface area contributed by atoms with Crippen molar-refractivity contribution in [3.63, 3.8) is 0 Å². The number of benzene rings is 1. The summed E-state index contributed by atoms with van der Waals surface area (Å²) in [5, 5.41) is 12.6. The van der Waals surface area contributed by atoms with Crippen LogP contribution in [-0.2, 0) is 4.79 Å². The fourth-order valence-electron chi connectivity index (χ4n) is 1.70. The van der Waals surface area contributed by atoms with Gasteiger partial charge < -0.3 is 5.32 Å². The van der Waals surface area contributed by atoms with Crippen molar-refractivity contribution < 1.29 is 4.79 Å². The summed E-state index contributed by atoms with van der Waals surface area (Å²) >= 11 is 15.4. The summed E-state index contributed by atoms with van der Waals surface area (Å²) < 4.78 is 0.933. The van der Waals surface area contributed by atoms with Crippen LogP contribution in [0.3, 0.4) is 0 Å². The maximum absolute atomic E-state index is 12.0. The largest absolute Gasteiger partial charge is 0.324 e. The third-order valence-corrected chi connectivity index (χ3v) is 5.69. The topological polar surface area (TPSA) is 54.9 Å². The second kappa shape index (κ2) is 8.15. The minimum Gasteiger partial charge on any atom is -0.324 e. The normalized spacial score (nSPS) is 10.7. The second-order valence-corrected chi connectivity index (χ2v) is 7.95. The van der Waals surface area contributed by atoms with E-state index in [0.29, 0.717) is 22.2 Å². The summed E-state index contributed by atoms with van der Waals surface area (Å²) in [6, 6.07) is 3.55. The molecule has 0 spiro atoms. The first-order valence-electron chi connectivity index (χ1n) is 6.64. The molecular weight excluding hydrogens is 361 g/mol. The van der Waals surface area contributed by atoms with Crippen LogP contribution in [-0.4, -0.2) is 21.9 Å². The summed E-state index contributed by atoms with van der Waals surface area (Å²) in [6.45, 7) is 3.79. The number of aryl methyl sites for hydroxylation is 2. The Bertz CT molecular complexity index is 676. The van der Waals surface area contributed by atoms with E-state index in [1.807, 2.05) is 19.9 Å². The highest BCUT2D eigenvalue weighted by Crippen LogP contribution is 2.33. The van der Waals surface area contributed by atoms with Crippen molar-refractivity contribution >= 4 is 57.9 Å². The Morgan fingerprint density at radius 1 is 1.32 bits per heavy atom. The smallest absolute Gasteiger partial charge is 0.224 e. The van der Waals surface area contributed by atoms with E-state index in [4.69, 9.17) is 23.2 Å². The molecule has 22 heavy (non-hydrogen) atoms. The van der Waals surface area contributed by atoms with E-state index in [2.05, 4.69) is 15.5 Å². The molecule has 0 aliphatic carbocycles. The lowest BCUT2D eigenvalue weighted by molar-refractivity contribution is -0.116. The highest BCUT2D eigenvalue weighted by Gasteiger charge is 2.11. The molecule has 0 bridgehead atoms. The molecule has 0 fully saturated rings. The van der Waals surface area contributed by atoms with E-state index in [1.165, 1.54) is 0 Å². The second-order valence-electron chi connectivity index (χ2n) is 4.64. The number of nitrogens with zero attached hydrogens (tertiary/aromatic N) is 2. The molecule has 1 aromatic carbocycles. The number of anilines is 1. The molecule has 0 unspecified atom stereocenters. The van der Waals surface area contributed by atoms with Gasteiger partial charge in [-0.1, -0.05) is 52.4 Å². The molecule has 0 saturated heterocycles. The molecule has 1 heterocycles. The molecule has 2 aromatic rings. The number of halogens is 2. The molecule has 0 saturated carbocycles. The van der Waals surface area contributed by atoms with Gasteiger partial charge in [-0.3, -0.25) is 4.79 Å². The Hall–Kier alpha value is -0.820. The molecule has 0 radical (unpaired) electrons. The van der Waals surface area contributed by atoms with Gasteiger partial charge in [-0.05, 0) is 31.9 Å². The van der Waals surface area contributed by atoms with Crippen molar-refractivity contribution in [1.29, 1.82) is 0 Å². The summed E-state index contributed by atoms with van der Waals surface area (Å²) in [5.74, 6) is 0.723. The number of aromatic nitrogens is 2. The van der Waals surface area contributed by atoms with Crippen LogP contribution in [0.2, 0.25) is 10.0 Å². The highest BCUT2D eigenvalue weighted by atomic mass is 35.5. The molecule has 4 nitrogen and oxygen atoms in total. The number of carbonyl (C=O) groups is 1. The van der Waals surface area contributed by atoms with Crippen LogP contribution in [0.5, 0.6) is 0 Å². The van der Waals surface area contributed by atoms with Crippen LogP contribution < -0.4 is 5.32 Å². The van der Waals surface area contributed by atoms with Gasteiger partial charge in [-0.25, -0.2) is 0 Å². The average Bonchev–Trinajstić information content (AvgIpc) is 2.89. The van der Waals surface area contributed by atoms with Gasteiger partial charge in [0.25, 0.3) is 0 Å². The lowest BCUT2D eigenvalue weighted by atomic mass is 10.2. The first-order valence-corrected chi connectivity index (χ1v) is 9.20. The van der Waals surface area contributed by atoms with Crippen LogP contribution in [0.15, 0.2) is 16.5 Å². The first-order chi connectivity index (χ1) is 10.5. The number of rotatable bonds is 6. The summed E-state index contributed by atoms with van der Waals surface area (Å²) in [5.41, 5.74) is 1.37. The van der Waals surface area contributed by atoms with Gasteiger partial charge in [-0.15, -0.1) is 10.2 Å². The first kappa shape index (κ1) is 17.5. The number of amides is 1. The Morgan fingerprint density at radius 3 is 2.77 bits per heavy atom. The Kier molecular flexibility index (Phi) is 6.50. The zero-order valence-electron chi connectivity index (χ0n) is 12.2.